The predicted molar refractivity (Wildman–Crippen MR) is 80.5 cm³/mol. The van der Waals surface area contributed by atoms with Gasteiger partial charge in [-0.1, -0.05) is 58.3 Å². The van der Waals surface area contributed by atoms with E-state index in [0.717, 1.165) is 19.3 Å². The molecule has 1 aromatic carbocycles. The third-order valence-electron chi connectivity index (χ3n) is 3.78. The molecule has 2 N–H and O–H groups in total. The summed E-state index contributed by atoms with van der Waals surface area (Å²) < 4.78 is 39.9. The summed E-state index contributed by atoms with van der Waals surface area (Å²) in [6.07, 6.45) is 9.77. The Kier molecular flexibility index (Phi) is 8.43. The molecule has 120 valence electrons. The molecular formula is C17H26F3N. The zero-order valence-electron chi connectivity index (χ0n) is 12.8. The first-order chi connectivity index (χ1) is 10.1. The molecule has 4 heteroatoms. The van der Waals surface area contributed by atoms with E-state index in [1.807, 2.05) is 0 Å². The predicted octanol–water partition coefficient (Wildman–Crippen LogP) is 5.63. The molecule has 0 aliphatic heterocycles. The lowest BCUT2D eigenvalue weighted by Gasteiger charge is -2.14. The van der Waals surface area contributed by atoms with Crippen LogP contribution < -0.4 is 5.73 Å². The smallest absolute Gasteiger partial charge is 0.133 e. The van der Waals surface area contributed by atoms with Gasteiger partial charge >= 0.3 is 0 Å². The van der Waals surface area contributed by atoms with E-state index in [2.05, 4.69) is 6.92 Å². The lowest BCUT2D eigenvalue weighted by atomic mass is 9.99. The molecule has 1 atom stereocenters. The van der Waals surface area contributed by atoms with Gasteiger partial charge in [0.25, 0.3) is 0 Å². The summed E-state index contributed by atoms with van der Waals surface area (Å²) in [5, 5.41) is 0. The highest BCUT2D eigenvalue weighted by molar-refractivity contribution is 5.23. The fraction of sp³-hybridized carbons (Fsp3) is 0.647. The van der Waals surface area contributed by atoms with Crippen molar-refractivity contribution in [3.63, 3.8) is 0 Å². The molecule has 1 aromatic rings. The van der Waals surface area contributed by atoms with Gasteiger partial charge in [0, 0.05) is 23.7 Å². The molecule has 0 aliphatic carbocycles. The zero-order valence-corrected chi connectivity index (χ0v) is 12.8. The van der Waals surface area contributed by atoms with E-state index < -0.39 is 23.5 Å². The van der Waals surface area contributed by atoms with Gasteiger partial charge in [-0.3, -0.25) is 0 Å². The van der Waals surface area contributed by atoms with Crippen LogP contribution in [0.4, 0.5) is 13.2 Å². The Hall–Kier alpha value is -1.03. The third kappa shape index (κ3) is 6.51. The molecule has 0 saturated carbocycles. The van der Waals surface area contributed by atoms with Gasteiger partial charge in [-0.15, -0.1) is 0 Å². The zero-order chi connectivity index (χ0) is 15.7. The largest absolute Gasteiger partial charge is 0.324 e. The summed E-state index contributed by atoms with van der Waals surface area (Å²) in [5.74, 6) is -2.69. The molecule has 0 bridgehead atoms. The van der Waals surface area contributed by atoms with E-state index in [-0.39, 0.29) is 5.56 Å². The summed E-state index contributed by atoms with van der Waals surface area (Å²) >= 11 is 0. The van der Waals surface area contributed by atoms with Gasteiger partial charge in [-0.25, -0.2) is 13.2 Å². The molecule has 0 radical (unpaired) electrons. The normalized spacial score (nSPS) is 12.6. The highest BCUT2D eigenvalue weighted by Gasteiger charge is 2.17. The van der Waals surface area contributed by atoms with Crippen LogP contribution in [-0.4, -0.2) is 0 Å². The Balaban J connectivity index is 2.27. The van der Waals surface area contributed by atoms with Crippen LogP contribution in [0.5, 0.6) is 0 Å². The van der Waals surface area contributed by atoms with E-state index in [0.29, 0.717) is 18.6 Å². The number of unbranched alkanes of at least 4 members (excludes halogenated alkanes) is 7. The first kappa shape index (κ1) is 18.0. The van der Waals surface area contributed by atoms with Gasteiger partial charge in [0.2, 0.25) is 0 Å². The highest BCUT2D eigenvalue weighted by atomic mass is 19.1. The Bertz CT molecular complexity index is 397. The van der Waals surface area contributed by atoms with Crippen LogP contribution >= 0.6 is 0 Å². The molecule has 0 heterocycles. The molecule has 0 spiro atoms. The number of hydrogen-bond donors (Lipinski definition) is 1. The number of hydrogen-bond acceptors (Lipinski definition) is 1. The number of nitrogens with two attached hydrogens (primary N) is 1. The molecular weight excluding hydrogens is 275 g/mol. The monoisotopic (exact) mass is 301 g/mol. The van der Waals surface area contributed by atoms with Crippen LogP contribution in [0.2, 0.25) is 0 Å². The van der Waals surface area contributed by atoms with E-state index in [9.17, 15) is 13.2 Å². The van der Waals surface area contributed by atoms with Crippen molar-refractivity contribution < 1.29 is 13.2 Å². The Morgan fingerprint density at radius 2 is 1.33 bits per heavy atom. The third-order valence-corrected chi connectivity index (χ3v) is 3.78. The second kappa shape index (κ2) is 9.82. The topological polar surface area (TPSA) is 26.0 Å². The lowest BCUT2D eigenvalue weighted by Crippen LogP contribution is -2.14. The van der Waals surface area contributed by atoms with Crippen molar-refractivity contribution in [3.8, 4) is 0 Å². The minimum Gasteiger partial charge on any atom is -0.324 e. The van der Waals surface area contributed by atoms with Gasteiger partial charge in [-0.05, 0) is 6.42 Å². The van der Waals surface area contributed by atoms with Crippen molar-refractivity contribution in [1.82, 2.24) is 0 Å². The second-order valence-corrected chi connectivity index (χ2v) is 5.65. The average Bonchev–Trinajstić information content (AvgIpc) is 2.40. The van der Waals surface area contributed by atoms with Gasteiger partial charge in [0.15, 0.2) is 0 Å². The maximum Gasteiger partial charge on any atom is 0.133 e. The summed E-state index contributed by atoms with van der Waals surface area (Å²) in [6, 6.07) is 0.670. The molecule has 1 unspecified atom stereocenters. The molecule has 21 heavy (non-hydrogen) atoms. The minimum atomic E-state index is -0.909. The van der Waals surface area contributed by atoms with Crippen LogP contribution in [0.15, 0.2) is 12.1 Å². The standard InChI is InChI=1S/C17H26F3N/c1-2-3-4-5-6-7-8-9-10-16(21)17-14(19)11-13(18)12-15(17)20/h11-12,16H,2-10,21H2,1H3. The fourth-order valence-corrected chi connectivity index (χ4v) is 2.55. The second-order valence-electron chi connectivity index (χ2n) is 5.65. The van der Waals surface area contributed by atoms with Crippen LogP contribution in [0.3, 0.4) is 0 Å². The SMILES string of the molecule is CCCCCCCCCCC(N)c1c(F)cc(F)cc1F. The maximum atomic E-state index is 13.5. The lowest BCUT2D eigenvalue weighted by molar-refractivity contribution is 0.477. The molecule has 0 saturated heterocycles. The minimum absolute atomic E-state index is 0.195. The van der Waals surface area contributed by atoms with Crippen LogP contribution in [-0.2, 0) is 0 Å². The Labute approximate surface area is 125 Å². The number of rotatable bonds is 10. The van der Waals surface area contributed by atoms with Gasteiger partial charge in [0.05, 0.1) is 0 Å². The first-order valence-corrected chi connectivity index (χ1v) is 7.96. The first-order valence-electron chi connectivity index (χ1n) is 7.96. The van der Waals surface area contributed by atoms with Crippen molar-refractivity contribution in [2.75, 3.05) is 0 Å². The van der Waals surface area contributed by atoms with Crippen LogP contribution in [0, 0.1) is 17.5 Å². The van der Waals surface area contributed by atoms with Gasteiger partial charge in [-0.2, -0.15) is 0 Å². The van der Waals surface area contributed by atoms with Crippen LogP contribution in [0.25, 0.3) is 0 Å². The van der Waals surface area contributed by atoms with E-state index in [4.69, 9.17) is 5.73 Å². The number of benzene rings is 1. The van der Waals surface area contributed by atoms with Crippen molar-refractivity contribution in [2.24, 2.45) is 5.73 Å². The summed E-state index contributed by atoms with van der Waals surface area (Å²) in [6.45, 7) is 2.19. The van der Waals surface area contributed by atoms with Crippen LogP contribution in [0.1, 0.15) is 76.3 Å². The molecule has 0 amide bonds. The average molecular weight is 301 g/mol. The Morgan fingerprint density at radius 3 is 1.86 bits per heavy atom. The molecule has 0 fully saturated rings. The van der Waals surface area contributed by atoms with Crippen molar-refractivity contribution in [3.05, 3.63) is 35.1 Å². The van der Waals surface area contributed by atoms with Gasteiger partial charge in [0.1, 0.15) is 17.5 Å². The van der Waals surface area contributed by atoms with E-state index in [1.54, 1.807) is 0 Å². The summed E-state index contributed by atoms with van der Waals surface area (Å²) in [7, 11) is 0. The van der Waals surface area contributed by atoms with Crippen molar-refractivity contribution in [1.29, 1.82) is 0 Å². The van der Waals surface area contributed by atoms with E-state index in [1.165, 1.54) is 32.1 Å². The molecule has 0 aromatic heterocycles. The molecule has 0 aliphatic rings. The Morgan fingerprint density at radius 1 is 0.857 bits per heavy atom. The quantitative estimate of drug-likeness (QED) is 0.556. The van der Waals surface area contributed by atoms with Crippen molar-refractivity contribution in [2.45, 2.75) is 70.8 Å². The maximum absolute atomic E-state index is 13.5. The van der Waals surface area contributed by atoms with Gasteiger partial charge < -0.3 is 5.73 Å². The van der Waals surface area contributed by atoms with E-state index >= 15 is 0 Å². The summed E-state index contributed by atoms with van der Waals surface area (Å²) in [4.78, 5) is 0. The highest BCUT2D eigenvalue weighted by Crippen LogP contribution is 2.24. The van der Waals surface area contributed by atoms with Crippen molar-refractivity contribution >= 4 is 0 Å². The fourth-order valence-electron chi connectivity index (χ4n) is 2.55. The molecule has 1 rings (SSSR count). The molecule has 1 nitrogen and oxygen atoms in total. The summed E-state index contributed by atoms with van der Waals surface area (Å²) in [5.41, 5.74) is 5.63. The number of halogens is 3.